The smallest absolute Gasteiger partial charge is 0.371 e. The Morgan fingerprint density at radius 2 is 0.727 bits per heavy atom. The first kappa shape index (κ1) is 93.1. The van der Waals surface area contributed by atoms with Gasteiger partial charge in [-0.25, -0.2) is 78.8 Å². The fraction of sp³-hybridized carbons (Fsp3) is 0.138. The van der Waals surface area contributed by atoms with Crippen molar-refractivity contribution in [3.63, 3.8) is 0 Å². The van der Waals surface area contributed by atoms with Crippen molar-refractivity contribution in [1.82, 2.24) is 109 Å². The lowest BCUT2D eigenvalue weighted by molar-refractivity contribution is 0.0524. The van der Waals surface area contributed by atoms with Gasteiger partial charge in [-0.05, 0) is 167 Å². The molecule has 0 atom stereocenters. The molecule has 6 aromatic carbocycles. The van der Waals surface area contributed by atoms with Gasteiger partial charge >= 0.3 is 29.8 Å². The summed E-state index contributed by atoms with van der Waals surface area (Å²) in [6, 6.07) is 40.0. The number of rotatable bonds is 26. The fourth-order valence-corrected chi connectivity index (χ4v) is 15.2. The van der Waals surface area contributed by atoms with Crippen molar-refractivity contribution in [2.75, 3.05) is 39.6 Å². The second-order valence-corrected chi connectivity index (χ2v) is 30.4. The predicted octanol–water partition coefficient (Wildman–Crippen LogP) is 13.8. The van der Waals surface area contributed by atoms with E-state index in [1.807, 2.05) is 83.1 Å². The molecule has 14 N–H and O–H groups in total. The van der Waals surface area contributed by atoms with E-state index in [2.05, 4.69) is 105 Å². The van der Waals surface area contributed by atoms with Gasteiger partial charge < -0.3 is 112 Å². The summed E-state index contributed by atoms with van der Waals surface area (Å²) in [6.07, 6.45) is 9.87. The number of furan rings is 1. The van der Waals surface area contributed by atoms with E-state index in [0.717, 1.165) is 39.0 Å². The third-order valence-corrected chi connectivity index (χ3v) is 21.6. The van der Waals surface area contributed by atoms with Crippen LogP contribution < -0.4 is 51.5 Å². The number of carbonyl (C=O) groups is 5. The molecule has 14 aromatic heterocycles. The molecule has 0 unspecified atom stereocenters. The van der Waals surface area contributed by atoms with Crippen LogP contribution in [0.5, 0.6) is 28.7 Å². The van der Waals surface area contributed by atoms with E-state index >= 15 is 0 Å². The summed E-state index contributed by atoms with van der Waals surface area (Å²) in [4.78, 5) is 192. The van der Waals surface area contributed by atoms with Crippen LogP contribution in [-0.2, 0) is 11.8 Å². The molecule has 702 valence electrons. The zero-order chi connectivity index (χ0) is 97.8. The van der Waals surface area contributed by atoms with Gasteiger partial charge in [0, 0.05) is 40.2 Å². The number of H-pyrrole nitrogens is 10. The molecule has 0 radical (unpaired) electrons. The number of oxazole rings is 1. The van der Waals surface area contributed by atoms with E-state index in [4.69, 9.17) is 52.6 Å². The lowest BCUT2D eigenvalue weighted by Gasteiger charge is -2.12. The Morgan fingerprint density at radius 1 is 0.367 bits per heavy atom. The molecule has 0 saturated heterocycles. The Morgan fingerprint density at radius 3 is 1.07 bits per heavy atom. The summed E-state index contributed by atoms with van der Waals surface area (Å²) in [5.74, 6) is 0.0134. The molecule has 139 heavy (non-hydrogen) atoms. The van der Waals surface area contributed by atoms with Crippen LogP contribution in [0.4, 0.5) is 0 Å². The Hall–Kier alpha value is -19.1. The Kier molecular flexibility index (Phi) is 27.4. The van der Waals surface area contributed by atoms with Crippen LogP contribution >= 0.6 is 11.3 Å². The number of hydrogen-bond acceptors (Lipinski definition) is 30. The maximum Gasteiger partial charge on any atom is 0.371 e. The number of aromatic carboxylic acids is 4. The number of thiophene rings is 1. The van der Waals surface area contributed by atoms with E-state index in [1.165, 1.54) is 49.0 Å². The van der Waals surface area contributed by atoms with E-state index in [-0.39, 0.29) is 67.9 Å². The molecule has 14 heterocycles. The van der Waals surface area contributed by atoms with Crippen LogP contribution in [0.2, 0.25) is 0 Å². The number of ether oxygens (including phenoxy) is 6. The van der Waals surface area contributed by atoms with Crippen molar-refractivity contribution in [3.05, 3.63) is 269 Å². The van der Waals surface area contributed by atoms with Gasteiger partial charge in [-0.2, -0.15) is 0 Å². The molecular weight excluding hydrogens is 1820 g/mol. The van der Waals surface area contributed by atoms with E-state index in [9.17, 15) is 53.1 Å². The third kappa shape index (κ3) is 20.3. The number of aromatic nitrogens is 22. The number of esters is 1. The zero-order valence-corrected chi connectivity index (χ0v) is 74.9. The minimum absolute atomic E-state index is 0.143. The highest BCUT2D eigenvalue weighted by Crippen LogP contribution is 2.40. The number of fused-ring (bicyclic) bond motifs is 5. The van der Waals surface area contributed by atoms with Gasteiger partial charge in [0.05, 0.1) is 110 Å². The van der Waals surface area contributed by atoms with E-state index in [0.29, 0.717) is 198 Å². The van der Waals surface area contributed by atoms with Crippen LogP contribution in [-0.4, -0.2) is 199 Å². The van der Waals surface area contributed by atoms with Crippen LogP contribution in [0.1, 0.15) is 93.8 Å². The van der Waals surface area contributed by atoms with Gasteiger partial charge in [0.15, 0.2) is 61.5 Å². The van der Waals surface area contributed by atoms with Gasteiger partial charge in [0.1, 0.15) is 75.6 Å². The Bertz CT molecular complexity index is 7920. The molecule has 0 aliphatic heterocycles. The number of hydrogen-bond donors (Lipinski definition) is 14. The lowest BCUT2D eigenvalue weighted by Crippen LogP contribution is -2.10. The van der Waals surface area contributed by atoms with Crippen molar-refractivity contribution in [2.24, 2.45) is 7.05 Å². The molecule has 0 aliphatic rings. The zero-order valence-electron chi connectivity index (χ0n) is 74.1. The summed E-state index contributed by atoms with van der Waals surface area (Å²) in [6.45, 7) is 13.4. The molecule has 0 saturated carbocycles. The first-order valence-electron chi connectivity index (χ1n) is 42.3. The quantitative estimate of drug-likeness (QED) is 0.0224. The van der Waals surface area contributed by atoms with Gasteiger partial charge in [-0.3, -0.25) is 24.0 Å². The van der Waals surface area contributed by atoms with E-state index < -0.39 is 23.9 Å². The van der Waals surface area contributed by atoms with Crippen molar-refractivity contribution in [2.45, 2.75) is 41.5 Å². The molecule has 0 fully saturated rings. The van der Waals surface area contributed by atoms with Crippen molar-refractivity contribution < 1.29 is 81.7 Å². The molecule has 45 heteroatoms. The Labute approximate surface area is 782 Å². The van der Waals surface area contributed by atoms with Crippen molar-refractivity contribution in [1.29, 1.82) is 0 Å². The molecule has 44 nitrogen and oxygen atoms in total. The minimum Gasteiger partial charge on any atom is -0.493 e. The van der Waals surface area contributed by atoms with Gasteiger partial charge in [-0.1, -0.05) is 36.4 Å². The molecule has 20 aromatic rings. The monoisotopic (exact) mass is 1900 g/mol. The number of carboxylic acids is 4. The van der Waals surface area contributed by atoms with Crippen molar-refractivity contribution >= 4 is 97.0 Å². The second-order valence-electron chi connectivity index (χ2n) is 29.4. The molecule has 0 amide bonds. The summed E-state index contributed by atoms with van der Waals surface area (Å²) >= 11 is 1.34. The summed E-state index contributed by atoms with van der Waals surface area (Å²) in [5.41, 5.74) is 10.6. The third-order valence-electron chi connectivity index (χ3n) is 20.7. The summed E-state index contributed by atoms with van der Waals surface area (Å²) in [7, 11) is 1.68. The minimum atomic E-state index is -1.18. The largest absolute Gasteiger partial charge is 0.493 e. The Balaban J connectivity index is 0.000000126. The molecule has 0 spiro atoms. The highest BCUT2D eigenvalue weighted by atomic mass is 32.1. The number of benzene rings is 6. The molecular formula is C94H78N22O22S. The number of nitrogens with one attached hydrogen (secondary N) is 10. The van der Waals surface area contributed by atoms with Crippen molar-refractivity contribution in [3.8, 4) is 141 Å². The number of imidazole rings is 5. The summed E-state index contributed by atoms with van der Waals surface area (Å²) < 4.78 is 45.8. The average Bonchev–Trinajstić information content (AvgIpc) is 1.75. The van der Waals surface area contributed by atoms with Gasteiger partial charge in [0.25, 0.3) is 27.8 Å². The maximum absolute atomic E-state index is 12.3. The highest BCUT2D eigenvalue weighted by molar-refractivity contribution is 7.13. The maximum atomic E-state index is 12.3. The highest BCUT2D eigenvalue weighted by Gasteiger charge is 2.25. The van der Waals surface area contributed by atoms with Crippen LogP contribution in [0.3, 0.4) is 0 Å². The number of aromatic amines is 10. The molecule has 0 aliphatic carbocycles. The number of nitrogens with zero attached hydrogens (tertiary/aromatic N) is 12. The predicted molar refractivity (Wildman–Crippen MR) is 506 cm³/mol. The normalized spacial score (nSPS) is 11.0. The fourth-order valence-electron chi connectivity index (χ4n) is 14.3. The first-order valence-corrected chi connectivity index (χ1v) is 43.2. The molecule has 0 bridgehead atoms. The number of carbonyl (C=O) groups excluding carboxylic acids is 1. The topological polar surface area (TPSA) is 638 Å². The number of aryl methyl sites for hydroxylation is 1. The second kappa shape index (κ2) is 40.9. The summed E-state index contributed by atoms with van der Waals surface area (Å²) in [5, 5.41) is 37.9. The van der Waals surface area contributed by atoms with E-state index in [1.54, 1.807) is 115 Å². The van der Waals surface area contributed by atoms with Gasteiger partial charge in [0.2, 0.25) is 11.7 Å². The van der Waals surface area contributed by atoms with Crippen LogP contribution in [0, 0.1) is 0 Å². The average molecular weight is 1900 g/mol. The SMILES string of the molecule is CCOC(=O)c1ccc(-c2ccc(-c3nc4nc[nH]c4c(=O)[nH]3)c(OCC)c2)cc1.CCOc1cc(-c2cc(C(=O)O)cs2)ccc1-c1nc2nc[nH]c2c(=O)[nH]1.CCOc1cc(-c2cc(C(=O)O)n(C)c2)ccc1-c1nc2nc[nH]c2c(=O)[nH]1.CCOc1cc(-c2ccc(C(=O)O)o2)ccc1-c1nc2nc[nH]c2c(=O)[nH]1.CCOc1cc(-c2nc(C(=O)O)co2)ccc1-c1nc2nc[nH]c2c(=O)[nH]1. The lowest BCUT2D eigenvalue weighted by atomic mass is 10.0. The van der Waals surface area contributed by atoms with Crippen LogP contribution in [0.15, 0.2) is 222 Å². The first-order chi connectivity index (χ1) is 67.3. The number of carboxylic acid groups (broad SMARTS) is 4. The van der Waals surface area contributed by atoms with Gasteiger partial charge in [-0.15, -0.1) is 11.3 Å². The standard InChI is InChI=1S/C22H20N4O4.C19H17N5O4.C18H14N4O5.C18H14N4O4S.C17H13N5O5/c1-3-29-17-11-15(13-5-7-14(8-6-13)22(28)30-4-2)9-10-16(17)19-25-20-18(21(27)26-19)23-12-24-20;1-3-28-14-7-10(11-6-13(19(26)27)24(2)8-11)4-5-12(14)16-22-17-15(18(25)23-16)20-9-21-17;1-2-26-13-7-9(11-5-6-12(27-11)18(24)25)3-4-10(13)15-21-16-14(17(23)22-15)19-8-20-16;1-2-26-12-5-9(13-6-10(7-27-13)18(24)25)3-4-11(12)15-21-16-14(17(23)22-15)19-8-20-16;1-2-26-11-5-8(16-20-10(6-27-16)17(24)25)3-4-9(11)13-21-14-12(15(23)22-13)18-7-19-14/h5-12H,3-4H2,1-2H3,(H2,23,24,25,26,27);4-9H,3H2,1-2H3,(H,26,27)(H2,20,21,22,23,25);2*3-8H,2H2,1H3,(H,24,25)(H2,19,20,21,22,23);3-7H,2H2,1H3,(H,24,25)(H2,18,19,21,22,23). The van der Waals surface area contributed by atoms with Crippen LogP contribution in [0.25, 0.3) is 168 Å². The molecule has 20 rings (SSSR count).